The highest BCUT2D eigenvalue weighted by Crippen LogP contribution is 2.40. The van der Waals surface area contributed by atoms with Gasteiger partial charge >= 0.3 is 0 Å². The van der Waals surface area contributed by atoms with Crippen LogP contribution in [0.25, 0.3) is 10.9 Å². The van der Waals surface area contributed by atoms with Crippen molar-refractivity contribution in [3.05, 3.63) is 71.4 Å². The van der Waals surface area contributed by atoms with E-state index in [1.165, 1.54) is 0 Å². The van der Waals surface area contributed by atoms with Gasteiger partial charge in [0.05, 0.1) is 11.6 Å². The van der Waals surface area contributed by atoms with Crippen molar-refractivity contribution in [2.75, 3.05) is 0 Å². The summed E-state index contributed by atoms with van der Waals surface area (Å²) in [7, 11) is 0. The number of Topliss-reactive ketones (excluding diaryl/α,β-unsaturated/α-hetero) is 2. The Morgan fingerprint density at radius 1 is 1.06 bits per heavy atom. The van der Waals surface area contributed by atoms with E-state index in [9.17, 15) is 14.7 Å². The average Bonchev–Trinajstić information content (AvgIpc) is 3.03. The zero-order valence-electron chi connectivity index (χ0n) is 17.2. The number of hydrogen-bond acceptors (Lipinski definition) is 6. The number of hydrogen-bond donors (Lipinski definition) is 1. The standard InChI is InChI=1S/C25H24N2O4/c28-18-7-10-22(23(29)11-8-18)27-14-20-19(25(27)30)4-1-5-24(20)31-15-16-6-9-21-17(13-16)3-2-12-26-21/h1-6,9,12-13,22,25,30H,7-8,10-11,14-15H2. The molecule has 0 bridgehead atoms. The number of rotatable bonds is 4. The van der Waals surface area contributed by atoms with E-state index in [1.54, 1.807) is 11.1 Å². The van der Waals surface area contributed by atoms with Crippen molar-refractivity contribution in [2.24, 2.45) is 0 Å². The highest BCUT2D eigenvalue weighted by atomic mass is 16.5. The maximum Gasteiger partial charge on any atom is 0.150 e. The molecule has 0 radical (unpaired) electrons. The van der Waals surface area contributed by atoms with Crippen molar-refractivity contribution in [1.82, 2.24) is 9.88 Å². The topological polar surface area (TPSA) is 79.7 Å². The first-order chi connectivity index (χ1) is 15.1. The average molecular weight is 416 g/mol. The van der Waals surface area contributed by atoms with E-state index in [0.29, 0.717) is 38.2 Å². The van der Waals surface area contributed by atoms with Crippen molar-refractivity contribution in [3.8, 4) is 5.75 Å². The van der Waals surface area contributed by atoms with Crippen molar-refractivity contribution >= 4 is 22.5 Å². The number of ether oxygens (including phenoxy) is 1. The van der Waals surface area contributed by atoms with Gasteiger partial charge in [0.25, 0.3) is 0 Å². The second-order valence-electron chi connectivity index (χ2n) is 8.25. The molecular weight excluding hydrogens is 392 g/mol. The molecule has 2 heterocycles. The lowest BCUT2D eigenvalue weighted by Gasteiger charge is -2.28. The minimum Gasteiger partial charge on any atom is -0.489 e. The molecule has 0 spiro atoms. The van der Waals surface area contributed by atoms with Gasteiger partial charge in [0.1, 0.15) is 24.4 Å². The van der Waals surface area contributed by atoms with Gasteiger partial charge in [-0.15, -0.1) is 0 Å². The van der Waals surface area contributed by atoms with Crippen LogP contribution in [0.1, 0.15) is 48.6 Å². The number of nitrogens with zero attached hydrogens (tertiary/aromatic N) is 2. The molecule has 1 fully saturated rings. The summed E-state index contributed by atoms with van der Waals surface area (Å²) in [6.07, 6.45) is 2.32. The van der Waals surface area contributed by atoms with Crippen molar-refractivity contribution in [1.29, 1.82) is 0 Å². The van der Waals surface area contributed by atoms with Gasteiger partial charge in [0.15, 0.2) is 5.78 Å². The molecule has 5 rings (SSSR count). The van der Waals surface area contributed by atoms with Gasteiger partial charge in [0.2, 0.25) is 0 Å². The van der Waals surface area contributed by atoms with Crippen LogP contribution in [0.4, 0.5) is 0 Å². The molecule has 158 valence electrons. The molecule has 1 N–H and O–H groups in total. The third kappa shape index (κ3) is 3.84. The largest absolute Gasteiger partial charge is 0.489 e. The molecule has 0 saturated heterocycles. The van der Waals surface area contributed by atoms with Crippen molar-refractivity contribution < 1.29 is 19.4 Å². The van der Waals surface area contributed by atoms with E-state index in [4.69, 9.17) is 4.74 Å². The summed E-state index contributed by atoms with van der Waals surface area (Å²) in [6, 6.07) is 15.2. The van der Waals surface area contributed by atoms with Crippen LogP contribution >= 0.6 is 0 Å². The van der Waals surface area contributed by atoms with Crippen LogP contribution in [0, 0.1) is 0 Å². The maximum atomic E-state index is 12.6. The summed E-state index contributed by atoms with van der Waals surface area (Å²) in [5.74, 6) is 0.865. The minimum absolute atomic E-state index is 0.0324. The molecule has 1 aliphatic heterocycles. The number of aliphatic hydroxyl groups is 1. The molecule has 6 nitrogen and oxygen atoms in total. The number of ketones is 2. The van der Waals surface area contributed by atoms with E-state index in [0.717, 1.165) is 27.6 Å². The van der Waals surface area contributed by atoms with Crippen molar-refractivity contribution in [2.45, 2.75) is 51.1 Å². The Balaban J connectivity index is 1.35. The second kappa shape index (κ2) is 8.21. The summed E-state index contributed by atoms with van der Waals surface area (Å²) in [5, 5.41) is 12.0. The van der Waals surface area contributed by atoms with Gasteiger partial charge < -0.3 is 9.84 Å². The van der Waals surface area contributed by atoms with Gasteiger partial charge in [-0.25, -0.2) is 0 Å². The number of pyridine rings is 1. The fourth-order valence-electron chi connectivity index (χ4n) is 4.60. The molecule has 2 atom stereocenters. The Morgan fingerprint density at radius 2 is 1.97 bits per heavy atom. The fourth-order valence-corrected chi connectivity index (χ4v) is 4.60. The lowest BCUT2D eigenvalue weighted by atomic mass is 10.1. The van der Waals surface area contributed by atoms with Gasteiger partial charge in [-0.1, -0.05) is 24.3 Å². The molecular formula is C25H24N2O4. The number of benzene rings is 2. The molecule has 2 aromatic carbocycles. The van der Waals surface area contributed by atoms with Crippen LogP contribution in [-0.4, -0.2) is 32.6 Å². The van der Waals surface area contributed by atoms with Crippen LogP contribution < -0.4 is 4.74 Å². The molecule has 3 aromatic rings. The molecule has 1 saturated carbocycles. The predicted molar refractivity (Wildman–Crippen MR) is 115 cm³/mol. The lowest BCUT2D eigenvalue weighted by Crippen LogP contribution is -2.39. The number of aliphatic hydroxyl groups excluding tert-OH is 1. The summed E-state index contributed by atoms with van der Waals surface area (Å²) < 4.78 is 6.14. The second-order valence-corrected chi connectivity index (χ2v) is 8.25. The molecule has 0 amide bonds. The Bertz CT molecular complexity index is 1160. The zero-order valence-corrected chi connectivity index (χ0v) is 17.2. The number of fused-ring (bicyclic) bond motifs is 2. The predicted octanol–water partition coefficient (Wildman–Crippen LogP) is 3.70. The first-order valence-corrected chi connectivity index (χ1v) is 10.7. The monoisotopic (exact) mass is 416 g/mol. The quantitative estimate of drug-likeness (QED) is 0.654. The van der Waals surface area contributed by atoms with E-state index in [-0.39, 0.29) is 18.0 Å². The lowest BCUT2D eigenvalue weighted by molar-refractivity contribution is -0.129. The van der Waals surface area contributed by atoms with Gasteiger partial charge in [-0.3, -0.25) is 19.5 Å². The summed E-state index contributed by atoms with van der Waals surface area (Å²) in [4.78, 5) is 30.5. The number of aromatic nitrogens is 1. The normalized spacial score (nSPS) is 21.8. The number of carbonyl (C=O) groups is 2. The SMILES string of the molecule is O=C1CCC(=O)C(N2Cc3c(OCc4ccc5ncccc5c4)cccc3C2O)CC1. The van der Waals surface area contributed by atoms with E-state index >= 15 is 0 Å². The van der Waals surface area contributed by atoms with Crippen LogP contribution in [0.15, 0.2) is 54.7 Å². The molecule has 2 unspecified atom stereocenters. The highest BCUT2D eigenvalue weighted by molar-refractivity contribution is 5.91. The molecule has 31 heavy (non-hydrogen) atoms. The highest BCUT2D eigenvalue weighted by Gasteiger charge is 2.39. The fraction of sp³-hybridized carbons (Fsp3) is 0.320. The van der Waals surface area contributed by atoms with Gasteiger partial charge in [-0.2, -0.15) is 0 Å². The van der Waals surface area contributed by atoms with Crippen LogP contribution in [0.2, 0.25) is 0 Å². The third-order valence-corrected chi connectivity index (χ3v) is 6.28. The molecule has 2 aliphatic rings. The van der Waals surface area contributed by atoms with Crippen molar-refractivity contribution in [3.63, 3.8) is 0 Å². The smallest absolute Gasteiger partial charge is 0.150 e. The Morgan fingerprint density at radius 3 is 2.87 bits per heavy atom. The van der Waals surface area contributed by atoms with Gasteiger partial charge in [0, 0.05) is 48.5 Å². The van der Waals surface area contributed by atoms with Crippen LogP contribution in [-0.2, 0) is 22.7 Å². The Kier molecular flexibility index (Phi) is 5.26. The Hall–Kier alpha value is -3.09. The van der Waals surface area contributed by atoms with E-state index in [2.05, 4.69) is 11.1 Å². The molecule has 1 aromatic heterocycles. The molecule has 1 aliphatic carbocycles. The first kappa shape index (κ1) is 19.8. The van der Waals surface area contributed by atoms with Crippen LogP contribution in [0.5, 0.6) is 5.75 Å². The summed E-state index contributed by atoms with van der Waals surface area (Å²) in [5.41, 5.74) is 3.65. The Labute approximate surface area is 180 Å². The third-order valence-electron chi connectivity index (χ3n) is 6.28. The van der Waals surface area contributed by atoms with Gasteiger partial charge in [-0.05, 0) is 36.2 Å². The maximum absolute atomic E-state index is 12.6. The summed E-state index contributed by atoms with van der Waals surface area (Å²) in [6.45, 7) is 0.827. The van der Waals surface area contributed by atoms with E-state index in [1.807, 2.05) is 42.5 Å². The summed E-state index contributed by atoms with van der Waals surface area (Å²) >= 11 is 0. The van der Waals surface area contributed by atoms with E-state index < -0.39 is 12.3 Å². The minimum atomic E-state index is -0.868. The van der Waals surface area contributed by atoms with Crippen LogP contribution in [0.3, 0.4) is 0 Å². The zero-order chi connectivity index (χ0) is 21.4. The molecule has 6 heteroatoms. The number of carbonyl (C=O) groups excluding carboxylic acids is 2. The first-order valence-electron chi connectivity index (χ1n) is 10.7.